The van der Waals surface area contributed by atoms with Crippen LogP contribution in [-0.4, -0.2) is 21.3 Å². The number of fused-ring (bicyclic) bond motifs is 3. The third kappa shape index (κ3) is 3.07. The van der Waals surface area contributed by atoms with Crippen LogP contribution in [0.5, 0.6) is 0 Å². The summed E-state index contributed by atoms with van der Waals surface area (Å²) in [5, 5.41) is 13.1. The summed E-state index contributed by atoms with van der Waals surface area (Å²) in [5.41, 5.74) is 4.72. The van der Waals surface area contributed by atoms with E-state index in [1.54, 1.807) is 13.8 Å². The van der Waals surface area contributed by atoms with Crippen molar-refractivity contribution < 1.29 is 18.9 Å². The van der Waals surface area contributed by atoms with E-state index in [0.29, 0.717) is 4.88 Å². The zero-order valence-corrected chi connectivity index (χ0v) is 18.5. The van der Waals surface area contributed by atoms with Gasteiger partial charge in [0.2, 0.25) is 0 Å². The third-order valence-corrected chi connectivity index (χ3v) is 9.72. The maximum Gasteiger partial charge on any atom is 0.355 e. The Morgan fingerprint density at radius 3 is 2.40 bits per heavy atom. The molecule has 3 N–H and O–H groups in total. The number of hydrogen-bond donors (Lipinski definition) is 3. The van der Waals surface area contributed by atoms with Crippen molar-refractivity contribution in [2.75, 3.05) is 5.32 Å². The molecule has 2 aromatic rings. The number of hydrogen-bond acceptors (Lipinski definition) is 5. The molecule has 7 nitrogen and oxygen atoms in total. The van der Waals surface area contributed by atoms with Gasteiger partial charge in [-0.15, -0.1) is 15.7 Å². The van der Waals surface area contributed by atoms with Gasteiger partial charge in [-0.05, 0) is 80.7 Å². The predicted molar refractivity (Wildman–Crippen MR) is 115 cm³/mol. The second-order valence-electron chi connectivity index (χ2n) is 8.58. The lowest BCUT2D eigenvalue weighted by Crippen LogP contribution is -2.24. The lowest BCUT2D eigenvalue weighted by molar-refractivity contribution is 0.0825. The fourth-order valence-electron chi connectivity index (χ4n) is 4.54. The summed E-state index contributed by atoms with van der Waals surface area (Å²) in [7, 11) is -3.43. The zero-order valence-electron chi connectivity index (χ0n) is 16.8. The Balaban J connectivity index is 1.53. The van der Waals surface area contributed by atoms with Crippen molar-refractivity contribution >= 4 is 38.9 Å². The average molecular weight is 446 g/mol. The molecule has 1 aromatic heterocycles. The molecule has 0 bridgehead atoms. The van der Waals surface area contributed by atoms with Gasteiger partial charge in [0.25, 0.3) is 5.91 Å². The maximum absolute atomic E-state index is 13.4. The third-order valence-electron chi connectivity index (χ3n) is 5.94. The molecule has 1 atom stereocenters. The van der Waals surface area contributed by atoms with Gasteiger partial charge in [-0.2, -0.15) is 0 Å². The van der Waals surface area contributed by atoms with Gasteiger partial charge < -0.3 is 10.4 Å². The van der Waals surface area contributed by atoms with E-state index in [4.69, 9.17) is 0 Å². The molecule has 1 unspecified atom stereocenters. The maximum atomic E-state index is 13.4. The van der Waals surface area contributed by atoms with E-state index in [2.05, 4.69) is 20.5 Å². The highest BCUT2D eigenvalue weighted by molar-refractivity contribution is 7.95. The van der Waals surface area contributed by atoms with Crippen LogP contribution >= 0.6 is 11.3 Å². The lowest BCUT2D eigenvalue weighted by Gasteiger charge is -2.15. The minimum Gasteiger partial charge on any atom is -0.385 e. The number of aryl methyl sites for hydroxylation is 2. The van der Waals surface area contributed by atoms with Gasteiger partial charge in [-0.25, -0.2) is 9.00 Å². The van der Waals surface area contributed by atoms with Crippen LogP contribution in [0.4, 0.5) is 10.5 Å². The monoisotopic (exact) mass is 445 g/mol. The van der Waals surface area contributed by atoms with Crippen molar-refractivity contribution in [3.8, 4) is 0 Å². The van der Waals surface area contributed by atoms with Crippen molar-refractivity contribution in [3.05, 3.63) is 44.8 Å². The fourth-order valence-corrected chi connectivity index (χ4v) is 7.70. The number of thiophene rings is 1. The molecule has 2 heterocycles. The molecule has 158 valence electrons. The number of amides is 3. The number of nitrogens with one attached hydrogen (secondary N) is 2. The molecule has 3 amide bonds. The normalized spacial score (nSPS) is 21.8. The van der Waals surface area contributed by atoms with Crippen molar-refractivity contribution in [2.24, 2.45) is 4.36 Å². The first-order valence-electron chi connectivity index (χ1n) is 10.1. The Morgan fingerprint density at radius 2 is 1.80 bits per heavy atom. The van der Waals surface area contributed by atoms with E-state index in [-0.39, 0.29) is 9.77 Å². The molecule has 1 aromatic carbocycles. The highest BCUT2D eigenvalue weighted by Crippen LogP contribution is 2.40. The van der Waals surface area contributed by atoms with Crippen molar-refractivity contribution in [1.29, 1.82) is 0 Å². The number of carbonyl (C=O) groups is 2. The second-order valence-corrected chi connectivity index (χ2v) is 11.7. The average Bonchev–Trinajstić information content (AvgIpc) is 3.40. The van der Waals surface area contributed by atoms with Crippen molar-refractivity contribution in [1.82, 2.24) is 4.72 Å². The zero-order chi connectivity index (χ0) is 21.3. The molecular weight excluding hydrogens is 422 g/mol. The summed E-state index contributed by atoms with van der Waals surface area (Å²) in [6, 6.07) is 3.07. The van der Waals surface area contributed by atoms with E-state index in [9.17, 15) is 18.9 Å². The van der Waals surface area contributed by atoms with Crippen molar-refractivity contribution in [3.63, 3.8) is 0 Å². The Hall–Kier alpha value is -2.23. The standard InChI is InChI=1S/C21H23N3O4S2/c1-21(2,27)16-10-15-18(25)23-30(28,19(15)29-16)24-20(26)22-17-13-7-3-5-11(13)9-12-6-4-8-14(12)17/h9-10,27H,3-8H2,1-2H3,(H2,22,23,24,25,26,28). The highest BCUT2D eigenvalue weighted by Gasteiger charge is 2.37. The fraction of sp³-hybridized carbons (Fsp3) is 0.429. The number of nitrogens with zero attached hydrogens (tertiary/aromatic N) is 1. The van der Waals surface area contributed by atoms with Crippen LogP contribution in [0.25, 0.3) is 0 Å². The topological polar surface area (TPSA) is 108 Å². The number of carbonyl (C=O) groups excluding carboxylic acids is 2. The second kappa shape index (κ2) is 6.63. The number of urea groups is 1. The molecule has 0 fully saturated rings. The molecule has 9 heteroatoms. The number of anilines is 1. The first-order valence-corrected chi connectivity index (χ1v) is 12.4. The van der Waals surface area contributed by atoms with Crippen LogP contribution in [0.15, 0.2) is 20.7 Å². The van der Waals surface area contributed by atoms with Crippen LogP contribution in [-0.2, 0) is 41.2 Å². The largest absolute Gasteiger partial charge is 0.385 e. The molecule has 0 spiro atoms. The van der Waals surface area contributed by atoms with E-state index >= 15 is 0 Å². The van der Waals surface area contributed by atoms with Gasteiger partial charge in [0.1, 0.15) is 4.21 Å². The minimum absolute atomic E-state index is 0.197. The summed E-state index contributed by atoms with van der Waals surface area (Å²) < 4.78 is 19.9. The molecule has 0 saturated carbocycles. The van der Waals surface area contributed by atoms with Crippen LogP contribution < -0.4 is 10.0 Å². The Bertz CT molecular complexity index is 1200. The molecule has 0 radical (unpaired) electrons. The van der Waals surface area contributed by atoms with E-state index in [1.165, 1.54) is 17.2 Å². The van der Waals surface area contributed by atoms with Gasteiger partial charge in [0.05, 0.1) is 11.2 Å². The molecule has 2 aliphatic carbocycles. The SMILES string of the molecule is CC(C)(O)c1cc2c(s1)S(=O)(=NC(=O)Nc1c3c(cc4c1CCC4)CCC3)NC2=O. The smallest absolute Gasteiger partial charge is 0.355 e. The highest BCUT2D eigenvalue weighted by atomic mass is 32.2. The number of rotatable bonds is 2. The molecule has 30 heavy (non-hydrogen) atoms. The first-order chi connectivity index (χ1) is 14.2. The van der Waals surface area contributed by atoms with E-state index in [1.807, 2.05) is 0 Å². The minimum atomic E-state index is -3.43. The summed E-state index contributed by atoms with van der Waals surface area (Å²) in [5.74, 6) is -0.542. The predicted octanol–water partition coefficient (Wildman–Crippen LogP) is 3.67. The van der Waals surface area contributed by atoms with Gasteiger partial charge in [-0.3, -0.25) is 9.52 Å². The molecule has 3 aliphatic rings. The Kier molecular flexibility index (Phi) is 4.36. The summed E-state index contributed by atoms with van der Waals surface area (Å²) in [6.07, 6.45) is 5.96. The van der Waals surface area contributed by atoms with Crippen LogP contribution in [0.3, 0.4) is 0 Å². The number of benzene rings is 1. The summed E-state index contributed by atoms with van der Waals surface area (Å²) in [6.45, 7) is 3.18. The molecule has 0 saturated heterocycles. The van der Waals surface area contributed by atoms with Crippen LogP contribution in [0.2, 0.25) is 0 Å². The van der Waals surface area contributed by atoms with E-state index < -0.39 is 27.5 Å². The number of aliphatic hydroxyl groups is 1. The van der Waals surface area contributed by atoms with E-state index in [0.717, 1.165) is 66.7 Å². The lowest BCUT2D eigenvalue weighted by atomic mass is 9.99. The van der Waals surface area contributed by atoms with Crippen LogP contribution in [0, 0.1) is 0 Å². The summed E-state index contributed by atoms with van der Waals surface area (Å²) in [4.78, 5) is 25.7. The Labute approximate surface area is 179 Å². The van der Waals surface area contributed by atoms with Gasteiger partial charge in [0, 0.05) is 10.6 Å². The first kappa shape index (κ1) is 19.7. The van der Waals surface area contributed by atoms with Gasteiger partial charge in [-0.1, -0.05) is 6.07 Å². The molecular formula is C21H23N3O4S2. The van der Waals surface area contributed by atoms with Crippen molar-refractivity contribution in [2.45, 2.75) is 62.2 Å². The van der Waals surface area contributed by atoms with Crippen LogP contribution in [0.1, 0.15) is 64.2 Å². The molecule has 5 rings (SSSR count). The summed E-state index contributed by atoms with van der Waals surface area (Å²) >= 11 is 1.05. The quantitative estimate of drug-likeness (QED) is 0.655. The van der Waals surface area contributed by atoms with Gasteiger partial charge >= 0.3 is 6.03 Å². The Morgan fingerprint density at radius 1 is 1.17 bits per heavy atom. The molecule has 1 aliphatic heterocycles. The van der Waals surface area contributed by atoms with Gasteiger partial charge in [0.15, 0.2) is 9.92 Å².